The van der Waals surface area contributed by atoms with Gasteiger partial charge in [0.05, 0.1) is 11.3 Å². The second kappa shape index (κ2) is 12.0. The average Bonchev–Trinajstić information content (AvgIpc) is 2.48. The van der Waals surface area contributed by atoms with Gasteiger partial charge in [0, 0.05) is 13.0 Å². The van der Waals surface area contributed by atoms with Gasteiger partial charge in [-0.25, -0.2) is 0 Å². The van der Waals surface area contributed by atoms with Crippen molar-refractivity contribution >= 4 is 29.9 Å². The standard InChI is InChI=1S/C16H25N3O2.ClH/c1-2-18-16(21)13-9-6-7-10-14(13)19-15(20)11-5-3-4-8-12-17;/h6-7,9-10H,2-5,8,11-12,17H2,1H3,(H,18,21)(H,19,20);1H. The van der Waals surface area contributed by atoms with E-state index >= 15 is 0 Å². The molecule has 0 aliphatic heterocycles. The molecule has 4 N–H and O–H groups in total. The predicted molar refractivity (Wildman–Crippen MR) is 92.5 cm³/mol. The highest BCUT2D eigenvalue weighted by Gasteiger charge is 2.11. The number of unbranched alkanes of at least 4 members (excludes halogenated alkanes) is 3. The number of amides is 2. The van der Waals surface area contributed by atoms with Gasteiger partial charge in [-0.1, -0.05) is 25.0 Å². The van der Waals surface area contributed by atoms with Crippen molar-refractivity contribution < 1.29 is 9.59 Å². The van der Waals surface area contributed by atoms with Gasteiger partial charge in [-0.2, -0.15) is 0 Å². The second-order valence-electron chi connectivity index (χ2n) is 4.91. The number of hydrogen-bond acceptors (Lipinski definition) is 3. The summed E-state index contributed by atoms with van der Waals surface area (Å²) in [5.74, 6) is -0.226. The predicted octanol–water partition coefficient (Wildman–Crippen LogP) is 2.71. The van der Waals surface area contributed by atoms with Crippen LogP contribution in [0.4, 0.5) is 5.69 Å². The van der Waals surface area contributed by atoms with Gasteiger partial charge in [-0.3, -0.25) is 9.59 Å². The minimum atomic E-state index is -0.170. The summed E-state index contributed by atoms with van der Waals surface area (Å²) in [5.41, 5.74) is 6.49. The number of nitrogens with two attached hydrogens (primary N) is 1. The fourth-order valence-electron chi connectivity index (χ4n) is 2.04. The summed E-state index contributed by atoms with van der Waals surface area (Å²) in [6.45, 7) is 3.12. The largest absolute Gasteiger partial charge is 0.352 e. The Morgan fingerprint density at radius 3 is 2.45 bits per heavy atom. The number of para-hydroxylation sites is 1. The van der Waals surface area contributed by atoms with E-state index in [1.54, 1.807) is 24.3 Å². The van der Waals surface area contributed by atoms with Gasteiger partial charge in [-0.15, -0.1) is 12.4 Å². The zero-order chi connectivity index (χ0) is 15.5. The summed E-state index contributed by atoms with van der Waals surface area (Å²) in [4.78, 5) is 23.8. The summed E-state index contributed by atoms with van der Waals surface area (Å²) >= 11 is 0. The molecule has 0 fully saturated rings. The topological polar surface area (TPSA) is 84.2 Å². The van der Waals surface area contributed by atoms with Gasteiger partial charge in [0.2, 0.25) is 5.91 Å². The van der Waals surface area contributed by atoms with Crippen molar-refractivity contribution in [3.05, 3.63) is 29.8 Å². The maximum atomic E-state index is 11.9. The van der Waals surface area contributed by atoms with Gasteiger partial charge >= 0.3 is 0 Å². The van der Waals surface area contributed by atoms with E-state index in [9.17, 15) is 9.59 Å². The fourth-order valence-corrected chi connectivity index (χ4v) is 2.04. The van der Waals surface area contributed by atoms with Crippen molar-refractivity contribution in [1.29, 1.82) is 0 Å². The molecule has 5 nitrogen and oxygen atoms in total. The molecule has 0 atom stereocenters. The van der Waals surface area contributed by atoms with Crippen LogP contribution in [0, 0.1) is 0 Å². The number of benzene rings is 1. The zero-order valence-electron chi connectivity index (χ0n) is 13.1. The van der Waals surface area contributed by atoms with Crippen molar-refractivity contribution in [2.45, 2.75) is 39.0 Å². The van der Waals surface area contributed by atoms with Crippen LogP contribution in [0.2, 0.25) is 0 Å². The third-order valence-corrected chi connectivity index (χ3v) is 3.14. The number of halogens is 1. The van der Waals surface area contributed by atoms with E-state index in [-0.39, 0.29) is 24.2 Å². The molecule has 124 valence electrons. The van der Waals surface area contributed by atoms with Crippen LogP contribution in [0.3, 0.4) is 0 Å². The molecule has 1 aromatic carbocycles. The van der Waals surface area contributed by atoms with E-state index in [4.69, 9.17) is 5.73 Å². The lowest BCUT2D eigenvalue weighted by molar-refractivity contribution is -0.116. The lowest BCUT2D eigenvalue weighted by Gasteiger charge is -2.10. The first-order chi connectivity index (χ1) is 10.2. The van der Waals surface area contributed by atoms with Gasteiger partial charge < -0.3 is 16.4 Å². The molecule has 0 aromatic heterocycles. The van der Waals surface area contributed by atoms with Crippen LogP contribution in [0.15, 0.2) is 24.3 Å². The van der Waals surface area contributed by atoms with Gasteiger partial charge in [0.1, 0.15) is 0 Å². The highest BCUT2D eigenvalue weighted by molar-refractivity contribution is 6.03. The van der Waals surface area contributed by atoms with E-state index in [1.165, 1.54) is 0 Å². The Hall–Kier alpha value is -1.59. The Kier molecular flexibility index (Phi) is 11.1. The average molecular weight is 328 g/mol. The van der Waals surface area contributed by atoms with Crippen molar-refractivity contribution in [2.75, 3.05) is 18.4 Å². The fraction of sp³-hybridized carbons (Fsp3) is 0.500. The maximum Gasteiger partial charge on any atom is 0.253 e. The Morgan fingerprint density at radius 1 is 1.09 bits per heavy atom. The number of carbonyl (C=O) groups is 2. The molecule has 2 amide bonds. The number of anilines is 1. The lowest BCUT2D eigenvalue weighted by atomic mass is 10.1. The normalized spacial score (nSPS) is 9.73. The van der Waals surface area contributed by atoms with Crippen LogP contribution in [0.5, 0.6) is 0 Å². The molecule has 0 saturated heterocycles. The summed E-state index contributed by atoms with van der Waals surface area (Å²) < 4.78 is 0. The molecule has 0 aliphatic carbocycles. The van der Waals surface area contributed by atoms with Gasteiger partial charge in [-0.05, 0) is 38.4 Å². The lowest BCUT2D eigenvalue weighted by Crippen LogP contribution is -2.24. The van der Waals surface area contributed by atoms with Crippen LogP contribution in [0.1, 0.15) is 49.4 Å². The van der Waals surface area contributed by atoms with Crippen molar-refractivity contribution in [2.24, 2.45) is 5.73 Å². The third kappa shape index (κ3) is 7.43. The van der Waals surface area contributed by atoms with Crippen LogP contribution in [-0.4, -0.2) is 24.9 Å². The summed E-state index contributed by atoms with van der Waals surface area (Å²) in [5, 5.41) is 5.56. The Bertz CT molecular complexity index is 466. The smallest absolute Gasteiger partial charge is 0.253 e. The quantitative estimate of drug-likeness (QED) is 0.610. The van der Waals surface area contributed by atoms with E-state index in [1.807, 2.05) is 6.92 Å². The molecular formula is C16H26ClN3O2. The van der Waals surface area contributed by atoms with Crippen LogP contribution < -0.4 is 16.4 Å². The van der Waals surface area contributed by atoms with Crippen molar-refractivity contribution in [1.82, 2.24) is 5.32 Å². The first-order valence-electron chi connectivity index (χ1n) is 7.56. The number of nitrogens with one attached hydrogen (secondary N) is 2. The molecule has 6 heteroatoms. The Balaban J connectivity index is 0.00000441. The second-order valence-corrected chi connectivity index (χ2v) is 4.91. The van der Waals surface area contributed by atoms with E-state index < -0.39 is 0 Å². The maximum absolute atomic E-state index is 11.9. The van der Waals surface area contributed by atoms with Crippen molar-refractivity contribution in [3.63, 3.8) is 0 Å². The van der Waals surface area contributed by atoms with Crippen molar-refractivity contribution in [3.8, 4) is 0 Å². The zero-order valence-corrected chi connectivity index (χ0v) is 13.9. The van der Waals surface area contributed by atoms with Crippen LogP contribution in [-0.2, 0) is 4.79 Å². The highest BCUT2D eigenvalue weighted by atomic mass is 35.5. The molecule has 1 aromatic rings. The number of rotatable bonds is 9. The molecule has 0 saturated carbocycles. The molecule has 0 radical (unpaired) electrons. The van der Waals surface area contributed by atoms with E-state index in [2.05, 4.69) is 10.6 Å². The highest BCUT2D eigenvalue weighted by Crippen LogP contribution is 2.15. The summed E-state index contributed by atoms with van der Waals surface area (Å²) in [7, 11) is 0. The molecule has 0 unspecified atom stereocenters. The van der Waals surface area contributed by atoms with Gasteiger partial charge in [0.15, 0.2) is 0 Å². The number of hydrogen-bond donors (Lipinski definition) is 3. The molecular weight excluding hydrogens is 302 g/mol. The monoisotopic (exact) mass is 327 g/mol. The minimum absolute atomic E-state index is 0. The molecule has 0 spiro atoms. The molecule has 22 heavy (non-hydrogen) atoms. The third-order valence-electron chi connectivity index (χ3n) is 3.14. The summed E-state index contributed by atoms with van der Waals surface area (Å²) in [6.07, 6.45) is 4.37. The first kappa shape index (κ1) is 20.4. The molecule has 0 bridgehead atoms. The SMILES string of the molecule is CCNC(=O)c1ccccc1NC(=O)CCCCCCN.Cl. The summed E-state index contributed by atoms with van der Waals surface area (Å²) in [6, 6.07) is 7.05. The van der Waals surface area contributed by atoms with E-state index in [0.29, 0.717) is 30.8 Å². The molecule has 0 aliphatic rings. The number of carbonyl (C=O) groups excluding carboxylic acids is 2. The van der Waals surface area contributed by atoms with Crippen LogP contribution in [0.25, 0.3) is 0 Å². The molecule has 0 heterocycles. The minimum Gasteiger partial charge on any atom is -0.352 e. The first-order valence-corrected chi connectivity index (χ1v) is 7.56. The Morgan fingerprint density at radius 2 is 1.77 bits per heavy atom. The van der Waals surface area contributed by atoms with Crippen LogP contribution >= 0.6 is 12.4 Å². The molecule has 1 rings (SSSR count). The van der Waals surface area contributed by atoms with E-state index in [0.717, 1.165) is 25.7 Å². The van der Waals surface area contributed by atoms with Gasteiger partial charge in [0.25, 0.3) is 5.91 Å². The Labute approximate surface area is 138 Å².